The van der Waals surface area contributed by atoms with E-state index in [-0.39, 0.29) is 0 Å². The molecule has 1 heterocycles. The van der Waals surface area contributed by atoms with Crippen molar-refractivity contribution in [1.82, 2.24) is 10.3 Å². The molecule has 0 bridgehead atoms. The summed E-state index contributed by atoms with van der Waals surface area (Å²) in [5.74, 6) is 1.85. The second kappa shape index (κ2) is 8.41. The van der Waals surface area contributed by atoms with Crippen molar-refractivity contribution in [3.05, 3.63) is 30.1 Å². The summed E-state index contributed by atoms with van der Waals surface area (Å²) in [6.45, 7) is 5.67. The fourth-order valence-electron chi connectivity index (χ4n) is 3.70. The molecule has 0 amide bonds. The summed E-state index contributed by atoms with van der Waals surface area (Å²) in [5, 5.41) is 3.75. The molecule has 3 unspecified atom stereocenters. The molecule has 0 saturated heterocycles. The molecule has 20 heavy (non-hydrogen) atoms. The van der Waals surface area contributed by atoms with Gasteiger partial charge in [-0.3, -0.25) is 4.98 Å². The summed E-state index contributed by atoms with van der Waals surface area (Å²) in [5.41, 5.74) is 1.37. The van der Waals surface area contributed by atoms with Crippen LogP contribution >= 0.6 is 0 Å². The zero-order chi connectivity index (χ0) is 14.2. The molecule has 1 aromatic rings. The Kier molecular flexibility index (Phi) is 6.52. The van der Waals surface area contributed by atoms with Crippen LogP contribution < -0.4 is 5.32 Å². The first kappa shape index (κ1) is 15.5. The third-order valence-electron chi connectivity index (χ3n) is 4.90. The fraction of sp³-hybridized carbons (Fsp3) is 0.722. The minimum absolute atomic E-state index is 0.689. The van der Waals surface area contributed by atoms with Crippen LogP contribution in [0, 0.1) is 11.8 Å². The first-order chi connectivity index (χ1) is 9.83. The van der Waals surface area contributed by atoms with Crippen molar-refractivity contribution in [1.29, 1.82) is 0 Å². The fourth-order valence-corrected chi connectivity index (χ4v) is 3.70. The summed E-state index contributed by atoms with van der Waals surface area (Å²) in [4.78, 5) is 4.23. The van der Waals surface area contributed by atoms with Gasteiger partial charge in [-0.2, -0.15) is 0 Å². The van der Waals surface area contributed by atoms with Gasteiger partial charge in [-0.1, -0.05) is 39.2 Å². The molecular weight excluding hydrogens is 244 g/mol. The lowest BCUT2D eigenvalue weighted by atomic mass is 9.75. The van der Waals surface area contributed by atoms with Gasteiger partial charge in [0, 0.05) is 18.4 Å². The number of hydrogen-bond acceptors (Lipinski definition) is 2. The number of hydrogen-bond donors (Lipinski definition) is 1. The smallest absolute Gasteiger partial charge is 0.0299 e. The van der Waals surface area contributed by atoms with Crippen LogP contribution in [0.25, 0.3) is 0 Å². The van der Waals surface area contributed by atoms with Gasteiger partial charge in [0.15, 0.2) is 0 Å². The third-order valence-corrected chi connectivity index (χ3v) is 4.90. The first-order valence-electron chi connectivity index (χ1n) is 8.45. The molecule has 2 rings (SSSR count). The summed E-state index contributed by atoms with van der Waals surface area (Å²) >= 11 is 0. The highest BCUT2D eigenvalue weighted by Crippen LogP contribution is 2.34. The van der Waals surface area contributed by atoms with Crippen molar-refractivity contribution in [3.63, 3.8) is 0 Å². The summed E-state index contributed by atoms with van der Waals surface area (Å²) in [6, 6.07) is 4.94. The lowest BCUT2D eigenvalue weighted by molar-refractivity contribution is 0.203. The van der Waals surface area contributed by atoms with Gasteiger partial charge < -0.3 is 5.32 Å². The Bertz CT molecular complexity index is 363. The van der Waals surface area contributed by atoms with Crippen molar-refractivity contribution in [2.24, 2.45) is 11.8 Å². The van der Waals surface area contributed by atoms with E-state index >= 15 is 0 Å². The number of aryl methyl sites for hydroxylation is 1. The molecular formula is C18H30N2. The second-order valence-electron chi connectivity index (χ2n) is 6.27. The largest absolute Gasteiger partial charge is 0.314 e. The number of nitrogens with zero attached hydrogens (tertiary/aromatic N) is 1. The Morgan fingerprint density at radius 2 is 2.25 bits per heavy atom. The zero-order valence-electron chi connectivity index (χ0n) is 13.1. The molecule has 1 N–H and O–H groups in total. The quantitative estimate of drug-likeness (QED) is 0.805. The van der Waals surface area contributed by atoms with Gasteiger partial charge in [-0.05, 0) is 55.7 Å². The van der Waals surface area contributed by atoms with Gasteiger partial charge in [0.2, 0.25) is 0 Å². The zero-order valence-corrected chi connectivity index (χ0v) is 13.1. The van der Waals surface area contributed by atoms with Crippen molar-refractivity contribution in [2.75, 3.05) is 6.54 Å². The lowest BCUT2D eigenvalue weighted by Gasteiger charge is -2.35. The number of rotatable bonds is 7. The molecule has 0 aliphatic heterocycles. The van der Waals surface area contributed by atoms with Gasteiger partial charge in [-0.15, -0.1) is 0 Å². The highest BCUT2D eigenvalue weighted by atomic mass is 14.9. The third kappa shape index (κ3) is 4.59. The maximum Gasteiger partial charge on any atom is 0.0299 e. The van der Waals surface area contributed by atoms with E-state index in [1.807, 2.05) is 18.5 Å². The van der Waals surface area contributed by atoms with E-state index in [1.54, 1.807) is 0 Å². The highest BCUT2D eigenvalue weighted by molar-refractivity contribution is 5.08. The molecule has 1 saturated carbocycles. The van der Waals surface area contributed by atoms with Crippen LogP contribution in [0.1, 0.15) is 57.9 Å². The van der Waals surface area contributed by atoms with Crippen molar-refractivity contribution in [3.8, 4) is 0 Å². The average molecular weight is 274 g/mol. The van der Waals surface area contributed by atoms with Crippen LogP contribution in [0.15, 0.2) is 24.5 Å². The van der Waals surface area contributed by atoms with E-state index in [4.69, 9.17) is 0 Å². The second-order valence-corrected chi connectivity index (χ2v) is 6.27. The highest BCUT2D eigenvalue weighted by Gasteiger charge is 2.26. The predicted molar refractivity (Wildman–Crippen MR) is 85.8 cm³/mol. The number of nitrogens with one attached hydrogen (secondary N) is 1. The monoisotopic (exact) mass is 274 g/mol. The maximum absolute atomic E-state index is 4.23. The standard InChI is InChI=1S/C18H30N2/c1-3-15-7-5-9-17(13-15)18(20-4-2)11-10-16-8-6-12-19-14-16/h6,8,12,14-15,17-18,20H,3-5,7,9-11,13H2,1-2H3. The lowest BCUT2D eigenvalue weighted by Crippen LogP contribution is -2.39. The Labute approximate surface area is 124 Å². The Hall–Kier alpha value is -0.890. The molecule has 1 aliphatic carbocycles. The van der Waals surface area contributed by atoms with Crippen LogP contribution in [-0.4, -0.2) is 17.6 Å². The molecule has 0 spiro atoms. The number of aromatic nitrogens is 1. The molecule has 0 aromatic carbocycles. The molecule has 2 heteroatoms. The Morgan fingerprint density at radius 3 is 2.95 bits per heavy atom. The molecule has 1 fully saturated rings. The molecule has 2 nitrogen and oxygen atoms in total. The van der Waals surface area contributed by atoms with E-state index in [0.29, 0.717) is 6.04 Å². The SMILES string of the molecule is CCNC(CCc1cccnc1)C1CCCC(CC)C1. The van der Waals surface area contributed by atoms with Crippen LogP contribution in [0.2, 0.25) is 0 Å². The van der Waals surface area contributed by atoms with E-state index in [0.717, 1.165) is 24.8 Å². The van der Waals surface area contributed by atoms with Crippen molar-refractivity contribution in [2.45, 2.75) is 64.8 Å². The van der Waals surface area contributed by atoms with E-state index < -0.39 is 0 Å². The first-order valence-corrected chi connectivity index (χ1v) is 8.45. The van der Waals surface area contributed by atoms with E-state index in [1.165, 1.54) is 44.1 Å². The van der Waals surface area contributed by atoms with Gasteiger partial charge >= 0.3 is 0 Å². The average Bonchev–Trinajstić information content (AvgIpc) is 2.52. The van der Waals surface area contributed by atoms with Gasteiger partial charge in [0.25, 0.3) is 0 Å². The molecule has 3 atom stereocenters. The van der Waals surface area contributed by atoms with Crippen LogP contribution in [0.4, 0.5) is 0 Å². The van der Waals surface area contributed by atoms with Crippen LogP contribution in [0.3, 0.4) is 0 Å². The van der Waals surface area contributed by atoms with E-state index in [2.05, 4.69) is 30.2 Å². The van der Waals surface area contributed by atoms with Gasteiger partial charge in [0.05, 0.1) is 0 Å². The minimum Gasteiger partial charge on any atom is -0.314 e. The normalized spacial score (nSPS) is 24.5. The summed E-state index contributed by atoms with van der Waals surface area (Å²) < 4.78 is 0. The number of pyridine rings is 1. The van der Waals surface area contributed by atoms with Crippen LogP contribution in [0.5, 0.6) is 0 Å². The van der Waals surface area contributed by atoms with Crippen LogP contribution in [-0.2, 0) is 6.42 Å². The van der Waals surface area contributed by atoms with Gasteiger partial charge in [0.1, 0.15) is 0 Å². The van der Waals surface area contributed by atoms with Crippen molar-refractivity contribution < 1.29 is 0 Å². The maximum atomic E-state index is 4.23. The van der Waals surface area contributed by atoms with Crippen molar-refractivity contribution >= 4 is 0 Å². The summed E-state index contributed by atoms with van der Waals surface area (Å²) in [7, 11) is 0. The molecule has 1 aromatic heterocycles. The minimum atomic E-state index is 0.689. The molecule has 112 valence electrons. The van der Waals surface area contributed by atoms with E-state index in [9.17, 15) is 0 Å². The predicted octanol–water partition coefficient (Wildman–Crippen LogP) is 4.21. The van der Waals surface area contributed by atoms with Gasteiger partial charge in [-0.25, -0.2) is 0 Å². The topological polar surface area (TPSA) is 24.9 Å². The Balaban J connectivity index is 1.89. The Morgan fingerprint density at radius 1 is 1.35 bits per heavy atom. The molecule has 0 radical (unpaired) electrons. The summed E-state index contributed by atoms with van der Waals surface area (Å²) in [6.07, 6.45) is 13.4. The molecule has 1 aliphatic rings.